The summed E-state index contributed by atoms with van der Waals surface area (Å²) in [6.45, 7) is 4.04. The van der Waals surface area contributed by atoms with E-state index >= 15 is 0 Å². The Hall–Kier alpha value is -2.96. The quantitative estimate of drug-likeness (QED) is 0.689. The number of nitrogens with zero attached hydrogens (tertiary/aromatic N) is 5. The Morgan fingerprint density at radius 2 is 1.96 bits per heavy atom. The predicted molar refractivity (Wildman–Crippen MR) is 83.2 cm³/mol. The van der Waals surface area contributed by atoms with Gasteiger partial charge >= 0.3 is 5.97 Å². The van der Waals surface area contributed by atoms with Crippen molar-refractivity contribution in [2.24, 2.45) is 7.05 Å². The normalized spacial score (nSPS) is 10.7. The second-order valence-electron chi connectivity index (χ2n) is 5.35. The Morgan fingerprint density at radius 3 is 2.52 bits per heavy atom. The Balaban J connectivity index is 1.69. The lowest BCUT2D eigenvalue weighted by Crippen LogP contribution is -2.06. The van der Waals surface area contributed by atoms with Gasteiger partial charge in [0.25, 0.3) is 0 Å². The number of aromatic nitrogens is 5. The van der Waals surface area contributed by atoms with Gasteiger partial charge in [0.1, 0.15) is 12.3 Å². The van der Waals surface area contributed by atoms with Gasteiger partial charge in [0.2, 0.25) is 0 Å². The average molecular weight is 311 g/mol. The first kappa shape index (κ1) is 15.0. The van der Waals surface area contributed by atoms with E-state index in [0.29, 0.717) is 11.3 Å². The Labute approximate surface area is 133 Å². The van der Waals surface area contributed by atoms with Crippen LogP contribution in [0.1, 0.15) is 27.4 Å². The Bertz CT molecular complexity index is 833. The van der Waals surface area contributed by atoms with Crippen molar-refractivity contribution in [1.29, 1.82) is 0 Å². The van der Waals surface area contributed by atoms with E-state index < -0.39 is 5.97 Å². The Kier molecular flexibility index (Phi) is 3.92. The van der Waals surface area contributed by atoms with Crippen molar-refractivity contribution in [1.82, 2.24) is 24.8 Å². The molecule has 0 atom stereocenters. The molecule has 0 aliphatic carbocycles. The first-order valence-corrected chi connectivity index (χ1v) is 7.19. The number of hydrogen-bond donors (Lipinski definition) is 0. The van der Waals surface area contributed by atoms with Crippen LogP contribution >= 0.6 is 0 Å². The minimum absolute atomic E-state index is 0.103. The first-order valence-electron chi connectivity index (χ1n) is 7.19. The van der Waals surface area contributed by atoms with Crippen LogP contribution in [0.25, 0.3) is 5.69 Å². The van der Waals surface area contributed by atoms with Gasteiger partial charge in [0, 0.05) is 12.7 Å². The number of carbonyl (C=O) groups excluding carboxylic acids is 1. The SMILES string of the molecule is Cc1cc(C)n(-c2ccc(C(=O)OCc3cn(C)nn3)cc2)n1. The number of ether oxygens (including phenoxy) is 1. The summed E-state index contributed by atoms with van der Waals surface area (Å²) >= 11 is 0. The van der Waals surface area contributed by atoms with E-state index in [1.165, 1.54) is 0 Å². The van der Waals surface area contributed by atoms with Crippen molar-refractivity contribution in [2.45, 2.75) is 20.5 Å². The zero-order valence-electron chi connectivity index (χ0n) is 13.2. The van der Waals surface area contributed by atoms with Crippen LogP contribution in [0.3, 0.4) is 0 Å². The molecular weight excluding hydrogens is 294 g/mol. The van der Waals surface area contributed by atoms with Gasteiger partial charge < -0.3 is 4.74 Å². The summed E-state index contributed by atoms with van der Waals surface area (Å²) < 4.78 is 8.62. The topological polar surface area (TPSA) is 74.8 Å². The summed E-state index contributed by atoms with van der Waals surface area (Å²) in [6.07, 6.45) is 1.71. The molecule has 23 heavy (non-hydrogen) atoms. The molecule has 0 aliphatic heterocycles. The maximum atomic E-state index is 12.0. The lowest BCUT2D eigenvalue weighted by molar-refractivity contribution is 0.0467. The average Bonchev–Trinajstić information content (AvgIpc) is 3.10. The molecule has 0 saturated carbocycles. The van der Waals surface area contributed by atoms with Gasteiger partial charge in [0.05, 0.1) is 23.1 Å². The molecule has 3 aromatic rings. The first-order chi connectivity index (χ1) is 11.0. The molecule has 118 valence electrons. The van der Waals surface area contributed by atoms with Crippen molar-refractivity contribution in [2.75, 3.05) is 0 Å². The van der Waals surface area contributed by atoms with Crippen molar-refractivity contribution in [3.05, 3.63) is 59.2 Å². The summed E-state index contributed by atoms with van der Waals surface area (Å²) in [4.78, 5) is 12.0. The van der Waals surface area contributed by atoms with E-state index in [9.17, 15) is 4.79 Å². The molecule has 0 radical (unpaired) electrons. The molecule has 2 aromatic heterocycles. The van der Waals surface area contributed by atoms with Gasteiger partial charge in [-0.1, -0.05) is 5.21 Å². The summed E-state index contributed by atoms with van der Waals surface area (Å²) in [7, 11) is 1.76. The van der Waals surface area contributed by atoms with Crippen LogP contribution in [0.2, 0.25) is 0 Å². The smallest absolute Gasteiger partial charge is 0.338 e. The van der Waals surface area contributed by atoms with E-state index in [0.717, 1.165) is 17.1 Å². The highest BCUT2D eigenvalue weighted by atomic mass is 16.5. The molecule has 0 fully saturated rings. The molecule has 1 aromatic carbocycles. The third-order valence-electron chi connectivity index (χ3n) is 3.36. The maximum Gasteiger partial charge on any atom is 0.338 e. The zero-order valence-corrected chi connectivity index (χ0v) is 13.2. The van der Waals surface area contributed by atoms with Crippen molar-refractivity contribution >= 4 is 5.97 Å². The molecule has 0 saturated heterocycles. The molecule has 0 spiro atoms. The van der Waals surface area contributed by atoms with Crippen molar-refractivity contribution < 1.29 is 9.53 Å². The fourth-order valence-electron chi connectivity index (χ4n) is 2.31. The molecule has 7 heteroatoms. The third kappa shape index (κ3) is 3.28. The predicted octanol–water partition coefficient (Wildman–Crippen LogP) is 1.97. The molecule has 0 aliphatic rings. The maximum absolute atomic E-state index is 12.0. The van der Waals surface area contributed by atoms with Gasteiger partial charge in [-0.2, -0.15) is 5.10 Å². The van der Waals surface area contributed by atoms with E-state index in [2.05, 4.69) is 15.4 Å². The van der Waals surface area contributed by atoms with Gasteiger partial charge in [-0.3, -0.25) is 4.68 Å². The van der Waals surface area contributed by atoms with E-state index in [4.69, 9.17) is 4.74 Å². The van der Waals surface area contributed by atoms with Gasteiger partial charge in [-0.05, 0) is 44.2 Å². The summed E-state index contributed by atoms with van der Waals surface area (Å²) in [5.74, 6) is -0.393. The van der Waals surface area contributed by atoms with Crippen LogP contribution in [0, 0.1) is 13.8 Å². The van der Waals surface area contributed by atoms with Crippen LogP contribution in [-0.2, 0) is 18.4 Å². The number of hydrogen-bond acceptors (Lipinski definition) is 5. The van der Waals surface area contributed by atoms with E-state index in [-0.39, 0.29) is 6.61 Å². The highest BCUT2D eigenvalue weighted by Crippen LogP contribution is 2.14. The fourth-order valence-corrected chi connectivity index (χ4v) is 2.31. The van der Waals surface area contributed by atoms with Crippen LogP contribution < -0.4 is 0 Å². The second-order valence-corrected chi connectivity index (χ2v) is 5.35. The fraction of sp³-hybridized carbons (Fsp3) is 0.250. The van der Waals surface area contributed by atoms with Crippen LogP contribution in [-0.4, -0.2) is 30.7 Å². The van der Waals surface area contributed by atoms with Crippen LogP contribution in [0.4, 0.5) is 0 Å². The van der Waals surface area contributed by atoms with Gasteiger partial charge in [0.15, 0.2) is 0 Å². The number of rotatable bonds is 4. The molecule has 0 unspecified atom stereocenters. The summed E-state index contributed by atoms with van der Waals surface area (Å²) in [5, 5.41) is 12.1. The molecule has 7 nitrogen and oxygen atoms in total. The molecular formula is C16H17N5O2. The standard InChI is InChI=1S/C16H17N5O2/c1-11-8-12(2)21(18-11)15-6-4-13(5-7-15)16(22)23-10-14-9-20(3)19-17-14/h4-9H,10H2,1-3H3. The number of aryl methyl sites for hydroxylation is 3. The monoisotopic (exact) mass is 311 g/mol. The van der Waals surface area contributed by atoms with Crippen molar-refractivity contribution in [3.8, 4) is 5.69 Å². The largest absolute Gasteiger partial charge is 0.455 e. The zero-order chi connectivity index (χ0) is 16.4. The van der Waals surface area contributed by atoms with Crippen LogP contribution in [0.15, 0.2) is 36.5 Å². The van der Waals surface area contributed by atoms with Crippen molar-refractivity contribution in [3.63, 3.8) is 0 Å². The van der Waals surface area contributed by atoms with Crippen LogP contribution in [0.5, 0.6) is 0 Å². The number of esters is 1. The Morgan fingerprint density at radius 1 is 1.22 bits per heavy atom. The number of carbonyl (C=O) groups is 1. The third-order valence-corrected chi connectivity index (χ3v) is 3.36. The van der Waals surface area contributed by atoms with E-state index in [1.807, 2.05) is 36.7 Å². The minimum atomic E-state index is -0.393. The highest BCUT2D eigenvalue weighted by Gasteiger charge is 2.10. The molecule has 2 heterocycles. The molecule has 0 N–H and O–H groups in total. The lowest BCUT2D eigenvalue weighted by atomic mass is 10.2. The lowest BCUT2D eigenvalue weighted by Gasteiger charge is -2.06. The van der Waals surface area contributed by atoms with Gasteiger partial charge in [-0.15, -0.1) is 5.10 Å². The number of benzene rings is 1. The summed E-state index contributed by atoms with van der Waals surface area (Å²) in [5.41, 5.74) is 4.00. The molecule has 0 amide bonds. The summed E-state index contributed by atoms with van der Waals surface area (Å²) in [6, 6.07) is 9.15. The second kappa shape index (κ2) is 6.04. The van der Waals surface area contributed by atoms with E-state index in [1.54, 1.807) is 30.1 Å². The molecule has 0 bridgehead atoms. The molecule has 3 rings (SSSR count). The van der Waals surface area contributed by atoms with Gasteiger partial charge in [-0.25, -0.2) is 9.48 Å². The minimum Gasteiger partial charge on any atom is -0.455 e. The highest BCUT2D eigenvalue weighted by molar-refractivity contribution is 5.89.